The minimum absolute atomic E-state index is 0.0787. The van der Waals surface area contributed by atoms with E-state index in [1.807, 2.05) is 4.90 Å². The molecule has 2 aliphatic rings. The molecule has 1 amide bonds. The number of nitrogens with one attached hydrogen (secondary N) is 1. The van der Waals surface area contributed by atoms with Crippen molar-refractivity contribution in [3.8, 4) is 0 Å². The molecule has 2 heterocycles. The summed E-state index contributed by atoms with van der Waals surface area (Å²) in [4.78, 5) is 31.4. The molecule has 1 N–H and O–H groups in total. The van der Waals surface area contributed by atoms with E-state index in [0.29, 0.717) is 50.9 Å². The lowest BCUT2D eigenvalue weighted by Crippen LogP contribution is -2.55. The van der Waals surface area contributed by atoms with Crippen molar-refractivity contribution in [2.24, 2.45) is 4.99 Å². The van der Waals surface area contributed by atoms with Crippen LogP contribution in [-0.2, 0) is 16.1 Å². The van der Waals surface area contributed by atoms with E-state index in [9.17, 15) is 14.9 Å². The van der Waals surface area contributed by atoms with E-state index in [4.69, 9.17) is 4.74 Å². The molecule has 3 rings (SSSR count). The Morgan fingerprint density at radius 2 is 2.00 bits per heavy atom. The van der Waals surface area contributed by atoms with Gasteiger partial charge in [0.1, 0.15) is 6.10 Å². The third kappa shape index (κ3) is 4.54. The van der Waals surface area contributed by atoms with Crippen molar-refractivity contribution in [1.29, 1.82) is 0 Å². The van der Waals surface area contributed by atoms with E-state index in [0.717, 1.165) is 12.8 Å². The van der Waals surface area contributed by atoms with Crippen LogP contribution in [0.5, 0.6) is 0 Å². The first kappa shape index (κ1) is 19.1. The van der Waals surface area contributed by atoms with Crippen LogP contribution in [0.2, 0.25) is 0 Å². The van der Waals surface area contributed by atoms with Crippen molar-refractivity contribution >= 4 is 17.6 Å². The van der Waals surface area contributed by atoms with Gasteiger partial charge in [-0.05, 0) is 12.8 Å². The maximum absolute atomic E-state index is 12.4. The molecule has 2 aliphatic heterocycles. The summed E-state index contributed by atoms with van der Waals surface area (Å²) in [6.07, 6.45) is 1.46. The number of guanidine groups is 1. The molecule has 1 aromatic carbocycles. The number of aliphatic imine (C=N–C) groups is 1. The quantitative estimate of drug-likeness (QED) is 0.365. The number of piperazine rings is 1. The maximum atomic E-state index is 12.4. The Morgan fingerprint density at radius 3 is 2.63 bits per heavy atom. The number of hydrogen-bond acceptors (Lipinski definition) is 5. The van der Waals surface area contributed by atoms with Crippen LogP contribution in [-0.4, -0.2) is 72.5 Å². The van der Waals surface area contributed by atoms with Crippen LogP contribution < -0.4 is 5.32 Å². The van der Waals surface area contributed by atoms with Gasteiger partial charge in [0.2, 0.25) is 0 Å². The number of benzene rings is 1. The van der Waals surface area contributed by atoms with Gasteiger partial charge in [-0.15, -0.1) is 0 Å². The highest BCUT2D eigenvalue weighted by atomic mass is 16.6. The Morgan fingerprint density at radius 1 is 1.30 bits per heavy atom. The summed E-state index contributed by atoms with van der Waals surface area (Å²) >= 11 is 0. The Kier molecular flexibility index (Phi) is 6.23. The Balaban J connectivity index is 1.54. The lowest BCUT2D eigenvalue weighted by molar-refractivity contribution is -0.385. The summed E-state index contributed by atoms with van der Waals surface area (Å²) in [7, 11) is 1.69. The third-order valence-corrected chi connectivity index (χ3v) is 4.93. The smallest absolute Gasteiger partial charge is 0.274 e. The standard InChI is InChI=1S/C18H25N5O4/c1-19-18(20-13-14-5-2-3-6-15(14)23(25)26)22-10-8-21(9-11-22)17(24)16-7-4-12-27-16/h2-3,5-6,16H,4,7-13H2,1H3,(H,19,20). The van der Waals surface area contributed by atoms with Crippen LogP contribution in [0.4, 0.5) is 5.69 Å². The Bertz CT molecular complexity index is 709. The molecule has 0 spiro atoms. The Hall–Kier alpha value is -2.68. The number of amides is 1. The maximum Gasteiger partial charge on any atom is 0.274 e. The highest BCUT2D eigenvalue weighted by Crippen LogP contribution is 2.18. The molecule has 2 saturated heterocycles. The van der Waals surface area contributed by atoms with Crippen LogP contribution in [0.15, 0.2) is 29.3 Å². The van der Waals surface area contributed by atoms with Crippen LogP contribution >= 0.6 is 0 Å². The molecule has 27 heavy (non-hydrogen) atoms. The molecule has 0 saturated carbocycles. The number of nitrogens with zero attached hydrogens (tertiary/aromatic N) is 4. The van der Waals surface area contributed by atoms with E-state index in [1.165, 1.54) is 6.07 Å². The lowest BCUT2D eigenvalue weighted by atomic mass is 10.2. The van der Waals surface area contributed by atoms with Gasteiger partial charge in [0.15, 0.2) is 5.96 Å². The lowest BCUT2D eigenvalue weighted by Gasteiger charge is -2.37. The normalized spacial score (nSPS) is 20.6. The fourth-order valence-electron chi connectivity index (χ4n) is 3.46. The highest BCUT2D eigenvalue weighted by Gasteiger charge is 2.31. The van der Waals surface area contributed by atoms with E-state index >= 15 is 0 Å². The predicted octanol–water partition coefficient (Wildman–Crippen LogP) is 0.993. The summed E-state index contributed by atoms with van der Waals surface area (Å²) in [6.45, 7) is 3.54. The molecule has 1 atom stereocenters. The van der Waals surface area contributed by atoms with E-state index < -0.39 is 0 Å². The molecule has 9 heteroatoms. The molecule has 146 valence electrons. The minimum atomic E-state index is -0.380. The number of carbonyl (C=O) groups is 1. The van der Waals surface area contributed by atoms with Crippen LogP contribution in [0.25, 0.3) is 0 Å². The molecular weight excluding hydrogens is 350 g/mol. The van der Waals surface area contributed by atoms with Gasteiger partial charge in [-0.25, -0.2) is 0 Å². The number of rotatable bonds is 4. The fraction of sp³-hybridized carbons (Fsp3) is 0.556. The van der Waals surface area contributed by atoms with Crippen molar-refractivity contribution < 1.29 is 14.5 Å². The zero-order valence-corrected chi connectivity index (χ0v) is 15.5. The molecule has 0 aromatic heterocycles. The molecule has 0 bridgehead atoms. The Labute approximate surface area is 158 Å². The second-order valence-corrected chi connectivity index (χ2v) is 6.60. The molecule has 1 aromatic rings. The SMILES string of the molecule is CN=C(NCc1ccccc1[N+](=O)[O-])N1CCN(C(=O)C2CCCO2)CC1. The van der Waals surface area contributed by atoms with Crippen molar-refractivity contribution in [3.05, 3.63) is 39.9 Å². The number of nitro benzene ring substituents is 1. The molecular formula is C18H25N5O4. The van der Waals surface area contributed by atoms with Crippen molar-refractivity contribution in [2.75, 3.05) is 39.8 Å². The monoisotopic (exact) mass is 375 g/mol. The van der Waals surface area contributed by atoms with Crippen molar-refractivity contribution in [1.82, 2.24) is 15.1 Å². The average molecular weight is 375 g/mol. The zero-order valence-electron chi connectivity index (χ0n) is 15.5. The van der Waals surface area contributed by atoms with Gasteiger partial charge in [0, 0.05) is 58.0 Å². The van der Waals surface area contributed by atoms with Gasteiger partial charge in [-0.2, -0.15) is 0 Å². The molecule has 0 radical (unpaired) electrons. The molecule has 2 fully saturated rings. The predicted molar refractivity (Wildman–Crippen MR) is 100 cm³/mol. The fourth-order valence-corrected chi connectivity index (χ4v) is 3.46. The van der Waals surface area contributed by atoms with Crippen molar-refractivity contribution in [2.45, 2.75) is 25.5 Å². The molecule has 0 aliphatic carbocycles. The number of nitro groups is 1. The summed E-state index contributed by atoms with van der Waals surface area (Å²) in [5, 5.41) is 14.3. The van der Waals surface area contributed by atoms with Gasteiger partial charge in [0.25, 0.3) is 11.6 Å². The van der Waals surface area contributed by atoms with Gasteiger partial charge in [0.05, 0.1) is 4.92 Å². The number of ether oxygens (including phenoxy) is 1. The zero-order chi connectivity index (χ0) is 19.2. The molecule has 9 nitrogen and oxygen atoms in total. The van der Waals surface area contributed by atoms with Crippen molar-refractivity contribution in [3.63, 3.8) is 0 Å². The molecule has 1 unspecified atom stereocenters. The van der Waals surface area contributed by atoms with E-state index in [-0.39, 0.29) is 22.6 Å². The summed E-state index contributed by atoms with van der Waals surface area (Å²) in [5.41, 5.74) is 0.697. The van der Waals surface area contributed by atoms with E-state index in [2.05, 4.69) is 15.2 Å². The van der Waals surface area contributed by atoms with Crippen LogP contribution in [0, 0.1) is 10.1 Å². The van der Waals surface area contributed by atoms with Crippen LogP contribution in [0.1, 0.15) is 18.4 Å². The number of para-hydroxylation sites is 1. The second-order valence-electron chi connectivity index (χ2n) is 6.60. The minimum Gasteiger partial charge on any atom is -0.368 e. The summed E-state index contributed by atoms with van der Waals surface area (Å²) in [5.74, 6) is 0.757. The van der Waals surface area contributed by atoms with E-state index in [1.54, 1.807) is 25.2 Å². The van der Waals surface area contributed by atoms with Gasteiger partial charge in [-0.1, -0.05) is 18.2 Å². The average Bonchev–Trinajstić information content (AvgIpc) is 3.23. The van der Waals surface area contributed by atoms with Gasteiger partial charge < -0.3 is 19.9 Å². The first-order valence-corrected chi connectivity index (χ1v) is 9.18. The first-order valence-electron chi connectivity index (χ1n) is 9.18. The second kappa shape index (κ2) is 8.81. The van der Waals surface area contributed by atoms with Crippen LogP contribution in [0.3, 0.4) is 0 Å². The highest BCUT2D eigenvalue weighted by molar-refractivity contribution is 5.82. The largest absolute Gasteiger partial charge is 0.368 e. The number of hydrogen-bond donors (Lipinski definition) is 1. The number of carbonyl (C=O) groups excluding carboxylic acids is 1. The summed E-state index contributed by atoms with van der Waals surface area (Å²) in [6, 6.07) is 6.66. The van der Waals surface area contributed by atoms with Gasteiger partial charge >= 0.3 is 0 Å². The summed E-state index contributed by atoms with van der Waals surface area (Å²) < 4.78 is 5.49. The van der Waals surface area contributed by atoms with Gasteiger partial charge in [-0.3, -0.25) is 19.9 Å². The third-order valence-electron chi connectivity index (χ3n) is 4.93. The first-order chi connectivity index (χ1) is 13.1. The topological polar surface area (TPSA) is 100 Å².